The molecular weight excluding hydrogens is 375 g/mol. The first kappa shape index (κ1) is 10.8. The average molecular weight is 388 g/mol. The van der Waals surface area contributed by atoms with Crippen LogP contribution in [-0.4, -0.2) is 17.0 Å². The van der Waals surface area contributed by atoms with E-state index >= 15 is 0 Å². The molecule has 0 amide bonds. The standard InChI is InChI=1S/C10H13ITe/c1-6-5-7(2)9(4)10(12-11)8(6)3/h5H,1-4H3. The van der Waals surface area contributed by atoms with Crippen LogP contribution in [0.25, 0.3) is 0 Å². The van der Waals surface area contributed by atoms with Crippen molar-refractivity contribution in [2.24, 2.45) is 0 Å². The second kappa shape index (κ2) is 4.30. The molecule has 0 atom stereocenters. The van der Waals surface area contributed by atoms with Gasteiger partial charge >= 0.3 is 95.3 Å². The molecule has 0 aromatic heterocycles. The first-order chi connectivity index (χ1) is 5.57. The van der Waals surface area contributed by atoms with Crippen molar-refractivity contribution in [3.05, 3.63) is 28.3 Å². The summed E-state index contributed by atoms with van der Waals surface area (Å²) in [6.45, 7) is 8.93. The number of hydrogen-bond acceptors (Lipinski definition) is 0. The third kappa shape index (κ3) is 1.97. The number of hydrogen-bond donors (Lipinski definition) is 0. The Bertz CT molecular complexity index is 279. The predicted octanol–water partition coefficient (Wildman–Crippen LogP) is 2.60. The van der Waals surface area contributed by atoms with Gasteiger partial charge < -0.3 is 0 Å². The fourth-order valence-electron chi connectivity index (χ4n) is 1.30. The van der Waals surface area contributed by atoms with Crippen molar-refractivity contribution in [3.8, 4) is 0 Å². The third-order valence-corrected chi connectivity index (χ3v) is 7.52. The second-order valence-electron chi connectivity index (χ2n) is 3.17. The van der Waals surface area contributed by atoms with Gasteiger partial charge in [-0.05, 0) is 0 Å². The van der Waals surface area contributed by atoms with E-state index in [1.54, 1.807) is 3.61 Å². The van der Waals surface area contributed by atoms with Crippen molar-refractivity contribution in [3.63, 3.8) is 0 Å². The van der Waals surface area contributed by atoms with Gasteiger partial charge in [0.05, 0.1) is 0 Å². The van der Waals surface area contributed by atoms with E-state index in [0.29, 0.717) is 0 Å². The van der Waals surface area contributed by atoms with Crippen LogP contribution in [-0.2, 0) is 0 Å². The first-order valence-electron chi connectivity index (χ1n) is 3.94. The molecule has 0 aliphatic carbocycles. The molecule has 0 N–H and O–H groups in total. The first-order valence-corrected chi connectivity index (χ1v) is 11.9. The number of benzene rings is 1. The molecule has 2 heteroatoms. The zero-order valence-corrected chi connectivity index (χ0v) is 12.4. The van der Waals surface area contributed by atoms with E-state index in [9.17, 15) is 0 Å². The van der Waals surface area contributed by atoms with E-state index in [0.717, 1.165) is 0 Å². The Labute approximate surface area is 94.5 Å². The zero-order chi connectivity index (χ0) is 9.30. The predicted molar refractivity (Wildman–Crippen MR) is 64.8 cm³/mol. The van der Waals surface area contributed by atoms with Crippen molar-refractivity contribution >= 4 is 39.3 Å². The van der Waals surface area contributed by atoms with Gasteiger partial charge in [0.15, 0.2) is 0 Å². The summed E-state index contributed by atoms with van der Waals surface area (Å²) in [6.07, 6.45) is 0. The Morgan fingerprint density at radius 1 is 1.00 bits per heavy atom. The van der Waals surface area contributed by atoms with Crippen molar-refractivity contribution in [1.29, 1.82) is 0 Å². The molecule has 0 radical (unpaired) electrons. The van der Waals surface area contributed by atoms with E-state index in [2.05, 4.69) is 52.5 Å². The van der Waals surface area contributed by atoms with Gasteiger partial charge in [0.25, 0.3) is 0 Å². The summed E-state index contributed by atoms with van der Waals surface area (Å²) in [5.74, 6) is 0. The quantitative estimate of drug-likeness (QED) is 0.513. The molecule has 1 aromatic rings. The molecule has 0 spiro atoms. The monoisotopic (exact) mass is 390 g/mol. The zero-order valence-electron chi connectivity index (χ0n) is 7.86. The van der Waals surface area contributed by atoms with Crippen molar-refractivity contribution in [2.75, 3.05) is 0 Å². The van der Waals surface area contributed by atoms with Crippen LogP contribution < -0.4 is 3.61 Å². The minimum absolute atomic E-state index is 0.0350. The number of rotatable bonds is 1. The molecule has 66 valence electrons. The summed E-state index contributed by atoms with van der Waals surface area (Å²) in [6, 6.07) is 2.30. The van der Waals surface area contributed by atoms with Gasteiger partial charge in [-0.2, -0.15) is 0 Å². The Morgan fingerprint density at radius 2 is 1.42 bits per heavy atom. The molecule has 12 heavy (non-hydrogen) atoms. The van der Waals surface area contributed by atoms with E-state index in [1.807, 2.05) is 0 Å². The Morgan fingerprint density at radius 3 is 1.75 bits per heavy atom. The summed E-state index contributed by atoms with van der Waals surface area (Å²) < 4.78 is 1.65. The molecule has 0 saturated heterocycles. The molecule has 0 heterocycles. The summed E-state index contributed by atoms with van der Waals surface area (Å²) in [5.41, 5.74) is 5.95. The van der Waals surface area contributed by atoms with Crippen LogP contribution in [0.1, 0.15) is 22.3 Å². The fourth-order valence-corrected chi connectivity index (χ4v) is 7.31. The Kier molecular flexibility index (Phi) is 3.88. The van der Waals surface area contributed by atoms with E-state index in [-0.39, 0.29) is 17.0 Å². The summed E-state index contributed by atoms with van der Waals surface area (Å²) in [4.78, 5) is 0. The van der Waals surface area contributed by atoms with Gasteiger partial charge in [-0.3, -0.25) is 0 Å². The van der Waals surface area contributed by atoms with Gasteiger partial charge in [-0.1, -0.05) is 0 Å². The molecule has 0 fully saturated rings. The summed E-state index contributed by atoms with van der Waals surface area (Å²) in [7, 11) is 0. The van der Waals surface area contributed by atoms with Crippen LogP contribution in [0.5, 0.6) is 0 Å². The second-order valence-corrected chi connectivity index (χ2v) is 7.73. The van der Waals surface area contributed by atoms with Crippen LogP contribution in [0.15, 0.2) is 6.07 Å². The molecule has 1 aromatic carbocycles. The fraction of sp³-hybridized carbons (Fsp3) is 0.400. The maximum absolute atomic E-state index is 2.57. The summed E-state index contributed by atoms with van der Waals surface area (Å²) >= 11 is 2.60. The van der Waals surface area contributed by atoms with E-state index in [4.69, 9.17) is 0 Å². The van der Waals surface area contributed by atoms with E-state index in [1.165, 1.54) is 22.3 Å². The van der Waals surface area contributed by atoms with Gasteiger partial charge in [0, 0.05) is 0 Å². The molecule has 0 nitrogen and oxygen atoms in total. The Balaban J connectivity index is 3.42. The summed E-state index contributed by atoms with van der Waals surface area (Å²) in [5, 5.41) is 0. The molecule has 0 unspecified atom stereocenters. The van der Waals surface area contributed by atoms with Gasteiger partial charge in [-0.25, -0.2) is 0 Å². The maximum atomic E-state index is 2.57. The molecular formula is C10H13ITe. The van der Waals surface area contributed by atoms with Crippen LogP contribution in [0.3, 0.4) is 0 Å². The van der Waals surface area contributed by atoms with Crippen LogP contribution in [0.4, 0.5) is 0 Å². The average Bonchev–Trinajstić information content (AvgIpc) is 2.02. The molecule has 0 aliphatic rings. The topological polar surface area (TPSA) is 0 Å². The van der Waals surface area contributed by atoms with Crippen LogP contribution >= 0.6 is 18.7 Å². The number of halogens is 1. The third-order valence-electron chi connectivity index (χ3n) is 2.37. The van der Waals surface area contributed by atoms with Gasteiger partial charge in [-0.15, -0.1) is 0 Å². The molecule has 0 aliphatic heterocycles. The van der Waals surface area contributed by atoms with Crippen molar-refractivity contribution in [2.45, 2.75) is 27.7 Å². The molecule has 0 saturated carbocycles. The molecule has 1 rings (SSSR count). The molecule has 0 bridgehead atoms. The number of aryl methyl sites for hydroxylation is 2. The van der Waals surface area contributed by atoms with E-state index < -0.39 is 0 Å². The van der Waals surface area contributed by atoms with Crippen molar-refractivity contribution < 1.29 is 0 Å². The van der Waals surface area contributed by atoms with Gasteiger partial charge in [0.2, 0.25) is 0 Å². The Hall–Kier alpha value is 0.740. The van der Waals surface area contributed by atoms with Crippen LogP contribution in [0.2, 0.25) is 0 Å². The SMILES string of the molecule is Cc1cc(C)c(C)c([Te]I)c1C. The van der Waals surface area contributed by atoms with Gasteiger partial charge in [0.1, 0.15) is 0 Å². The normalized spacial score (nSPS) is 10.4. The van der Waals surface area contributed by atoms with Crippen molar-refractivity contribution in [1.82, 2.24) is 0 Å². The van der Waals surface area contributed by atoms with Crippen LogP contribution in [0, 0.1) is 27.7 Å². The minimum atomic E-state index is 0.0350.